The van der Waals surface area contributed by atoms with Gasteiger partial charge in [-0.25, -0.2) is 9.91 Å². The van der Waals surface area contributed by atoms with E-state index in [0.717, 1.165) is 38.6 Å². The predicted octanol–water partition coefficient (Wildman–Crippen LogP) is 6.56. The molecule has 6 nitrogen and oxygen atoms in total. The number of amidine groups is 1. The van der Waals surface area contributed by atoms with Crippen molar-refractivity contribution in [3.05, 3.63) is 99.0 Å². The summed E-state index contributed by atoms with van der Waals surface area (Å²) in [5.41, 5.74) is 4.51. The summed E-state index contributed by atoms with van der Waals surface area (Å²) in [6, 6.07) is 22.5. The maximum Gasteiger partial charge on any atom is 0.247 e. The molecule has 0 bridgehead atoms. The third-order valence-electron chi connectivity index (χ3n) is 6.18. The Balaban J connectivity index is 1.40. The Kier molecular flexibility index (Phi) is 7.01. The van der Waals surface area contributed by atoms with Gasteiger partial charge in [0.2, 0.25) is 11.8 Å². The van der Waals surface area contributed by atoms with Gasteiger partial charge >= 0.3 is 0 Å². The second-order valence-electron chi connectivity index (χ2n) is 8.69. The van der Waals surface area contributed by atoms with Crippen LogP contribution in [0.1, 0.15) is 35.6 Å². The topological polar surface area (TPSA) is 76.8 Å². The molecule has 3 aromatic carbocycles. The minimum absolute atomic E-state index is 0.0341. The number of nitrogens with one attached hydrogen (secondary N) is 1. The van der Waals surface area contributed by atoms with Crippen LogP contribution in [-0.4, -0.2) is 33.0 Å². The molecule has 1 N–H and O–H groups in total. The third kappa shape index (κ3) is 4.98. The lowest BCUT2D eigenvalue weighted by Gasteiger charge is -2.24. The van der Waals surface area contributed by atoms with E-state index < -0.39 is 5.25 Å². The molecular weight excluding hydrogens is 560 g/mol. The summed E-state index contributed by atoms with van der Waals surface area (Å²) in [5, 5.41) is 15.4. The molecule has 0 unspecified atom stereocenters. The molecule has 36 heavy (non-hydrogen) atoms. The Morgan fingerprint density at radius 3 is 2.47 bits per heavy atom. The van der Waals surface area contributed by atoms with E-state index in [1.54, 1.807) is 23.2 Å². The van der Waals surface area contributed by atoms with Crippen LogP contribution in [0.4, 0.5) is 5.69 Å². The molecule has 1 fully saturated rings. The fourth-order valence-electron chi connectivity index (χ4n) is 4.33. The molecule has 9 heteroatoms. The molecule has 0 aliphatic carbocycles. The first-order chi connectivity index (χ1) is 17.3. The molecule has 2 atom stereocenters. The van der Waals surface area contributed by atoms with Crippen molar-refractivity contribution in [2.45, 2.75) is 31.1 Å². The Morgan fingerprint density at radius 2 is 1.78 bits per heavy atom. The summed E-state index contributed by atoms with van der Waals surface area (Å²) in [6.07, 6.45) is 0.641. The van der Waals surface area contributed by atoms with Crippen LogP contribution in [0.3, 0.4) is 0 Å². The smallest absolute Gasteiger partial charge is 0.247 e. The fraction of sp³-hybridized carbons (Fsp3) is 0.185. The monoisotopic (exact) mass is 580 g/mol. The van der Waals surface area contributed by atoms with Gasteiger partial charge in [0, 0.05) is 22.3 Å². The zero-order valence-electron chi connectivity index (χ0n) is 19.3. The quantitative estimate of drug-likeness (QED) is 0.215. The maximum absolute atomic E-state index is 13.2. The number of hydrogen-bond donors (Lipinski definition) is 1. The largest absolute Gasteiger partial charge is 0.277 e. The standard InChI is InChI=1S/C27H22BrClN4O2S/c1-16-5-7-17(8-6-16)22-14-23(18-9-11-20(29)12-10-18)33(31-22)27(30)36-24-15-25(34)32(26(24)35)21-4-2-3-19(28)13-21/h2-13,23-24,30H,14-15H2,1H3/t23-,24+/m0/s1. The van der Waals surface area contributed by atoms with Crippen molar-refractivity contribution < 1.29 is 9.59 Å². The van der Waals surface area contributed by atoms with Crippen molar-refractivity contribution in [1.29, 1.82) is 5.41 Å². The number of nitrogens with zero attached hydrogens (tertiary/aromatic N) is 3. The molecule has 2 amide bonds. The van der Waals surface area contributed by atoms with E-state index in [9.17, 15) is 9.59 Å². The summed E-state index contributed by atoms with van der Waals surface area (Å²) in [4.78, 5) is 27.1. The van der Waals surface area contributed by atoms with Crippen molar-refractivity contribution in [2.75, 3.05) is 4.90 Å². The Labute approximate surface area is 227 Å². The van der Waals surface area contributed by atoms with E-state index in [2.05, 4.69) is 15.9 Å². The second-order valence-corrected chi connectivity index (χ2v) is 11.2. The number of thioether (sulfide) groups is 1. The van der Waals surface area contributed by atoms with Crippen LogP contribution in [0, 0.1) is 12.3 Å². The lowest BCUT2D eigenvalue weighted by molar-refractivity contribution is -0.121. The number of hydrogen-bond acceptors (Lipinski definition) is 5. The highest BCUT2D eigenvalue weighted by molar-refractivity contribution is 9.10. The zero-order chi connectivity index (χ0) is 25.4. The van der Waals surface area contributed by atoms with Crippen LogP contribution >= 0.6 is 39.3 Å². The summed E-state index contributed by atoms with van der Waals surface area (Å²) in [6.45, 7) is 2.03. The molecule has 182 valence electrons. The molecule has 0 saturated carbocycles. The number of benzene rings is 3. The Morgan fingerprint density at radius 1 is 1.06 bits per heavy atom. The van der Waals surface area contributed by atoms with Gasteiger partial charge in [-0.2, -0.15) is 5.10 Å². The number of carbonyl (C=O) groups is 2. The predicted molar refractivity (Wildman–Crippen MR) is 149 cm³/mol. The van der Waals surface area contributed by atoms with Gasteiger partial charge in [-0.3, -0.25) is 15.0 Å². The number of aryl methyl sites for hydroxylation is 1. The van der Waals surface area contributed by atoms with E-state index >= 15 is 0 Å². The minimum atomic E-state index is -0.687. The van der Waals surface area contributed by atoms with Crippen molar-refractivity contribution in [3.63, 3.8) is 0 Å². The van der Waals surface area contributed by atoms with E-state index in [-0.39, 0.29) is 29.4 Å². The van der Waals surface area contributed by atoms with Crippen LogP contribution in [0.15, 0.2) is 82.4 Å². The van der Waals surface area contributed by atoms with Gasteiger partial charge in [0.05, 0.1) is 17.4 Å². The van der Waals surface area contributed by atoms with E-state index in [4.69, 9.17) is 22.1 Å². The molecule has 3 aromatic rings. The number of hydrazone groups is 1. The average molecular weight is 582 g/mol. The number of amides is 2. The fourth-order valence-corrected chi connectivity index (χ4v) is 5.82. The summed E-state index contributed by atoms with van der Waals surface area (Å²) >= 11 is 10.6. The Hall–Kier alpha value is -2.94. The highest BCUT2D eigenvalue weighted by atomic mass is 79.9. The third-order valence-corrected chi connectivity index (χ3v) is 7.99. The summed E-state index contributed by atoms with van der Waals surface area (Å²) in [5.74, 6) is -0.597. The molecule has 2 aliphatic rings. The maximum atomic E-state index is 13.2. The van der Waals surface area contributed by atoms with E-state index in [1.807, 2.05) is 61.5 Å². The van der Waals surface area contributed by atoms with Crippen LogP contribution in [0.25, 0.3) is 0 Å². The van der Waals surface area contributed by atoms with Gasteiger partial charge < -0.3 is 0 Å². The van der Waals surface area contributed by atoms with Crippen molar-refractivity contribution in [1.82, 2.24) is 5.01 Å². The number of halogens is 2. The molecule has 1 saturated heterocycles. The van der Waals surface area contributed by atoms with Gasteiger partial charge in [-0.05, 0) is 48.4 Å². The van der Waals surface area contributed by atoms with Crippen molar-refractivity contribution in [3.8, 4) is 0 Å². The number of carbonyl (C=O) groups excluding carboxylic acids is 2. The average Bonchev–Trinajstić information content (AvgIpc) is 3.41. The highest BCUT2D eigenvalue weighted by Gasteiger charge is 2.42. The van der Waals surface area contributed by atoms with Crippen LogP contribution < -0.4 is 4.90 Å². The Bertz CT molecular complexity index is 1380. The van der Waals surface area contributed by atoms with Crippen LogP contribution in [0.2, 0.25) is 5.02 Å². The van der Waals surface area contributed by atoms with Gasteiger partial charge in [-0.1, -0.05) is 87.3 Å². The molecule has 5 rings (SSSR count). The normalized spacial score (nSPS) is 19.7. The second kappa shape index (κ2) is 10.2. The van der Waals surface area contributed by atoms with Gasteiger partial charge in [-0.15, -0.1) is 0 Å². The van der Waals surface area contributed by atoms with Crippen LogP contribution in [-0.2, 0) is 9.59 Å². The highest BCUT2D eigenvalue weighted by Crippen LogP contribution is 2.38. The molecule has 0 aromatic heterocycles. The van der Waals surface area contributed by atoms with Gasteiger partial charge in [0.1, 0.15) is 5.25 Å². The lowest BCUT2D eigenvalue weighted by Crippen LogP contribution is -2.32. The van der Waals surface area contributed by atoms with E-state index in [1.165, 1.54) is 4.90 Å². The first kappa shape index (κ1) is 24.7. The van der Waals surface area contributed by atoms with Gasteiger partial charge in [0.15, 0.2) is 5.17 Å². The summed E-state index contributed by atoms with van der Waals surface area (Å²) in [7, 11) is 0. The molecule has 2 heterocycles. The van der Waals surface area contributed by atoms with Crippen LogP contribution in [0.5, 0.6) is 0 Å². The first-order valence-electron chi connectivity index (χ1n) is 11.4. The molecular formula is C27H22BrClN4O2S. The molecule has 0 spiro atoms. The summed E-state index contributed by atoms with van der Waals surface area (Å²) < 4.78 is 0.783. The number of imide groups is 1. The molecule has 0 radical (unpaired) electrons. The minimum Gasteiger partial charge on any atom is -0.277 e. The zero-order valence-corrected chi connectivity index (χ0v) is 22.5. The lowest BCUT2D eigenvalue weighted by atomic mass is 9.98. The number of rotatable bonds is 4. The van der Waals surface area contributed by atoms with Crippen molar-refractivity contribution in [2.24, 2.45) is 5.10 Å². The molecule has 2 aliphatic heterocycles. The number of anilines is 1. The SMILES string of the molecule is Cc1ccc(C2=NN(C(=N)S[C@@H]3CC(=O)N(c4cccc(Br)c4)C3=O)[C@H](c3ccc(Cl)cc3)C2)cc1. The van der Waals surface area contributed by atoms with Gasteiger partial charge in [0.25, 0.3) is 0 Å². The van der Waals surface area contributed by atoms with Crippen molar-refractivity contribution >= 4 is 67.7 Å². The first-order valence-corrected chi connectivity index (χ1v) is 13.4. The van der Waals surface area contributed by atoms with E-state index in [0.29, 0.717) is 17.1 Å².